The van der Waals surface area contributed by atoms with Gasteiger partial charge in [0.05, 0.1) is 22.9 Å². The zero-order valence-corrected chi connectivity index (χ0v) is 33.2. The molecule has 3 aromatic rings. The van der Waals surface area contributed by atoms with Crippen molar-refractivity contribution in [1.82, 2.24) is 0 Å². The number of carboxylic acid groups (broad SMARTS) is 1. The summed E-state index contributed by atoms with van der Waals surface area (Å²) in [7, 11) is -8.13. The minimum Gasteiger partial charge on any atom is -0.481 e. The van der Waals surface area contributed by atoms with Crippen LogP contribution in [0.4, 0.5) is 5.69 Å². The van der Waals surface area contributed by atoms with E-state index in [0.717, 1.165) is 70.2 Å². The van der Waals surface area contributed by atoms with Crippen LogP contribution >= 0.6 is 0 Å². The molecular weight excluding hydrogens is 725 g/mol. The normalized spacial score (nSPS) is 22.3. The fraction of sp³-hybridized carbons (Fsp3) is 0.452. The third kappa shape index (κ3) is 7.55. The quantitative estimate of drug-likeness (QED) is 0.103. The first-order chi connectivity index (χ1) is 25.4. The summed E-state index contributed by atoms with van der Waals surface area (Å²) in [5, 5.41) is 17.5. The van der Waals surface area contributed by atoms with Gasteiger partial charge >= 0.3 is 5.97 Å². The van der Waals surface area contributed by atoms with E-state index in [2.05, 4.69) is 49.1 Å². The lowest BCUT2D eigenvalue weighted by molar-refractivity contribution is -0.137. The number of aryl methyl sites for hydroxylation is 1. The Morgan fingerprint density at radius 3 is 2.52 bits per heavy atom. The number of allylic oxidation sites excluding steroid dienone is 1. The number of anilines is 1. The van der Waals surface area contributed by atoms with Gasteiger partial charge in [-0.15, -0.1) is 0 Å². The molecule has 3 aromatic carbocycles. The van der Waals surface area contributed by atoms with Crippen LogP contribution in [-0.4, -0.2) is 57.0 Å². The van der Waals surface area contributed by atoms with E-state index in [1.165, 1.54) is 11.6 Å². The Bertz CT molecular complexity index is 2280. The molecule has 0 radical (unpaired) electrons. The van der Waals surface area contributed by atoms with Crippen molar-refractivity contribution in [2.24, 2.45) is 5.14 Å². The number of carboxylic acids is 1. The summed E-state index contributed by atoms with van der Waals surface area (Å²) in [4.78, 5) is 14.1. The minimum absolute atomic E-state index is 0.0204. The molecule has 12 heteroatoms. The minimum atomic E-state index is -4.10. The Morgan fingerprint density at radius 2 is 1.83 bits per heavy atom. The maximum atomic E-state index is 12.6. The van der Waals surface area contributed by atoms with Gasteiger partial charge in [-0.05, 0) is 115 Å². The number of ether oxygens (including phenoxy) is 1. The lowest BCUT2D eigenvalue weighted by Crippen LogP contribution is -2.43. The maximum Gasteiger partial charge on any atom is 0.303 e. The Labute approximate surface area is 319 Å². The molecule has 0 fully saturated rings. The third-order valence-corrected chi connectivity index (χ3v) is 13.6. The SMILES string of the molecule is C=C(C1=CC2=C3N(CCC2OC1CCC)c1ccc2ccccc2c1C3(C)CCCCS(=O)(=O)O)C(C)(CCCC(=O)O)c1cc(S(N)(=O)=O)ccc1C. The molecule has 0 bridgehead atoms. The monoisotopic (exact) mass is 776 g/mol. The number of fused-ring (bicyclic) bond motifs is 6. The zero-order valence-electron chi connectivity index (χ0n) is 31.6. The van der Waals surface area contributed by atoms with Crippen molar-refractivity contribution in [1.29, 1.82) is 0 Å². The summed E-state index contributed by atoms with van der Waals surface area (Å²) in [6.07, 6.45) is 6.27. The predicted molar refractivity (Wildman–Crippen MR) is 213 cm³/mol. The van der Waals surface area contributed by atoms with Gasteiger partial charge in [0.1, 0.15) is 0 Å². The van der Waals surface area contributed by atoms with Crippen LogP contribution in [0.25, 0.3) is 10.8 Å². The molecule has 290 valence electrons. The average Bonchev–Trinajstić information content (AvgIpc) is 3.37. The lowest BCUT2D eigenvalue weighted by atomic mass is 9.67. The molecule has 4 N–H and O–H groups in total. The summed E-state index contributed by atoms with van der Waals surface area (Å²) < 4.78 is 65.1. The summed E-state index contributed by atoms with van der Waals surface area (Å²) in [6, 6.07) is 17.5. The van der Waals surface area contributed by atoms with Crippen molar-refractivity contribution in [2.45, 2.75) is 113 Å². The van der Waals surface area contributed by atoms with Gasteiger partial charge in [0, 0.05) is 40.8 Å². The highest BCUT2D eigenvalue weighted by atomic mass is 32.2. The highest BCUT2D eigenvalue weighted by Crippen LogP contribution is 2.57. The van der Waals surface area contributed by atoms with Crippen molar-refractivity contribution in [2.75, 3.05) is 17.2 Å². The standard InChI is InChI=1S/C42H52N2O8S2/c1-6-12-36-32(28(3)41(4,22-11-15-38(45)46)34-25-30(54(43,50)51)18-16-27(34)2)26-33-37(52-36)20-23-44-35-19-17-29-13-7-8-14-31(29)39(35)42(5,40(33)44)21-9-10-24-53(47,48)49/h7-8,13-14,16-19,25-26,36-37H,3,6,9-12,15,20-24H2,1-2,4-5H3,(H,45,46)(H2,43,50,51)(H,47,48,49). The topological polar surface area (TPSA) is 164 Å². The Balaban J connectivity index is 1.55. The number of aliphatic carboxylic acids is 1. The van der Waals surface area contributed by atoms with E-state index in [9.17, 15) is 31.3 Å². The molecule has 0 aliphatic carbocycles. The fourth-order valence-corrected chi connectivity index (χ4v) is 10.3. The maximum absolute atomic E-state index is 12.6. The van der Waals surface area contributed by atoms with Crippen LogP contribution < -0.4 is 10.0 Å². The molecule has 6 rings (SSSR count). The second-order valence-electron chi connectivity index (χ2n) is 15.6. The number of nitrogens with zero attached hydrogens (tertiary/aromatic N) is 1. The Hall–Kier alpha value is -3.81. The van der Waals surface area contributed by atoms with Gasteiger partial charge in [0.2, 0.25) is 10.0 Å². The van der Waals surface area contributed by atoms with E-state index >= 15 is 0 Å². The zero-order chi connectivity index (χ0) is 39.2. The summed E-state index contributed by atoms with van der Waals surface area (Å²) >= 11 is 0. The molecule has 4 atom stereocenters. The molecule has 54 heavy (non-hydrogen) atoms. The predicted octanol–water partition coefficient (Wildman–Crippen LogP) is 7.85. The number of nitrogens with two attached hydrogens (primary N) is 1. The van der Waals surface area contributed by atoms with E-state index < -0.39 is 36.9 Å². The molecule has 4 unspecified atom stereocenters. The summed E-state index contributed by atoms with van der Waals surface area (Å²) in [5.74, 6) is -1.22. The van der Waals surface area contributed by atoms with Gasteiger partial charge < -0.3 is 14.7 Å². The smallest absolute Gasteiger partial charge is 0.303 e. The van der Waals surface area contributed by atoms with Crippen molar-refractivity contribution in [3.8, 4) is 0 Å². The van der Waals surface area contributed by atoms with Crippen LogP contribution in [0.15, 0.2) is 94.6 Å². The van der Waals surface area contributed by atoms with E-state index in [0.29, 0.717) is 37.7 Å². The first-order valence-electron chi connectivity index (χ1n) is 18.8. The average molecular weight is 777 g/mol. The van der Waals surface area contributed by atoms with Gasteiger partial charge in [-0.3, -0.25) is 9.35 Å². The van der Waals surface area contributed by atoms with Crippen molar-refractivity contribution in [3.05, 3.63) is 106 Å². The first kappa shape index (κ1) is 39.9. The van der Waals surface area contributed by atoms with E-state index in [1.54, 1.807) is 12.1 Å². The van der Waals surface area contributed by atoms with Crippen LogP contribution in [-0.2, 0) is 40.5 Å². The summed E-state index contributed by atoms with van der Waals surface area (Å²) in [5.41, 5.74) is 6.23. The Kier molecular flexibility index (Phi) is 11.1. The van der Waals surface area contributed by atoms with Crippen LogP contribution in [0.2, 0.25) is 0 Å². The van der Waals surface area contributed by atoms with Gasteiger partial charge in [-0.25, -0.2) is 13.6 Å². The number of primary sulfonamides is 1. The van der Waals surface area contributed by atoms with Crippen molar-refractivity contribution < 1.29 is 36.0 Å². The van der Waals surface area contributed by atoms with Crippen LogP contribution in [0.5, 0.6) is 0 Å². The summed E-state index contributed by atoms with van der Waals surface area (Å²) in [6.45, 7) is 13.7. The second-order valence-corrected chi connectivity index (χ2v) is 18.7. The van der Waals surface area contributed by atoms with Crippen LogP contribution in [0, 0.1) is 6.92 Å². The molecule has 0 amide bonds. The second kappa shape index (κ2) is 15.0. The molecule has 0 spiro atoms. The van der Waals surface area contributed by atoms with Crippen molar-refractivity contribution >= 4 is 42.6 Å². The number of rotatable bonds is 15. The molecule has 3 aliphatic rings. The van der Waals surface area contributed by atoms with Gasteiger partial charge in [0.15, 0.2) is 0 Å². The number of hydrogen-bond acceptors (Lipinski definition) is 7. The van der Waals surface area contributed by atoms with E-state index in [-0.39, 0.29) is 29.3 Å². The molecule has 0 saturated heterocycles. The van der Waals surface area contributed by atoms with Gasteiger partial charge in [-0.2, -0.15) is 8.42 Å². The molecular formula is C42H52N2O8S2. The van der Waals surface area contributed by atoms with E-state index in [1.807, 2.05) is 26.0 Å². The first-order valence-corrected chi connectivity index (χ1v) is 22.0. The highest BCUT2D eigenvalue weighted by Gasteiger charge is 2.50. The Morgan fingerprint density at radius 1 is 1.09 bits per heavy atom. The molecule has 0 aromatic heterocycles. The number of benzene rings is 3. The van der Waals surface area contributed by atoms with Crippen LogP contribution in [0.3, 0.4) is 0 Å². The number of sulfonamides is 1. The van der Waals surface area contributed by atoms with E-state index in [4.69, 9.17) is 16.5 Å². The lowest BCUT2D eigenvalue weighted by Gasteiger charge is -2.45. The molecule has 3 heterocycles. The van der Waals surface area contributed by atoms with Crippen LogP contribution in [0.1, 0.15) is 95.2 Å². The third-order valence-electron chi connectivity index (χ3n) is 11.9. The molecule has 3 aliphatic heterocycles. The van der Waals surface area contributed by atoms with Crippen molar-refractivity contribution in [3.63, 3.8) is 0 Å². The molecule has 10 nitrogen and oxygen atoms in total. The van der Waals surface area contributed by atoms with Gasteiger partial charge in [-0.1, -0.05) is 69.7 Å². The largest absolute Gasteiger partial charge is 0.481 e. The fourth-order valence-electron chi connectivity index (χ4n) is 9.20. The number of carbonyl (C=O) groups is 1. The number of unbranched alkanes of at least 4 members (excludes halogenated alkanes) is 1. The van der Waals surface area contributed by atoms with Gasteiger partial charge in [0.25, 0.3) is 10.1 Å². The molecule has 0 saturated carbocycles. The highest BCUT2D eigenvalue weighted by molar-refractivity contribution is 7.89. The number of hydrogen-bond donors (Lipinski definition) is 3.